The van der Waals surface area contributed by atoms with E-state index in [2.05, 4.69) is 0 Å². The lowest BCUT2D eigenvalue weighted by molar-refractivity contribution is 0.112. The number of phenolic OH excluding ortho intramolecular Hbond substituents is 1. The SMILES string of the molecule is Cc1ccc(C=O)c(-c2ccccc2O)c1. The van der Waals surface area contributed by atoms with E-state index in [1.54, 1.807) is 24.3 Å². The average molecular weight is 212 g/mol. The molecule has 0 aromatic heterocycles. The van der Waals surface area contributed by atoms with Crippen LogP contribution in [0.2, 0.25) is 0 Å². The van der Waals surface area contributed by atoms with Gasteiger partial charge in [-0.25, -0.2) is 0 Å². The minimum Gasteiger partial charge on any atom is -0.507 e. The predicted octanol–water partition coefficient (Wildman–Crippen LogP) is 3.18. The highest BCUT2D eigenvalue weighted by Gasteiger charge is 2.08. The average Bonchev–Trinajstić information content (AvgIpc) is 2.29. The molecule has 0 radical (unpaired) electrons. The number of rotatable bonds is 2. The molecule has 0 saturated heterocycles. The fourth-order valence-corrected chi connectivity index (χ4v) is 1.71. The number of hydrogen-bond donors (Lipinski definition) is 1. The number of phenols is 1. The van der Waals surface area contributed by atoms with Crippen molar-refractivity contribution in [2.24, 2.45) is 0 Å². The van der Waals surface area contributed by atoms with E-state index in [1.165, 1.54) is 0 Å². The molecular formula is C14H12O2. The van der Waals surface area contributed by atoms with Gasteiger partial charge in [0.15, 0.2) is 6.29 Å². The summed E-state index contributed by atoms with van der Waals surface area (Å²) in [7, 11) is 0. The highest BCUT2D eigenvalue weighted by molar-refractivity contribution is 5.89. The monoisotopic (exact) mass is 212 g/mol. The van der Waals surface area contributed by atoms with Crippen LogP contribution in [0.25, 0.3) is 11.1 Å². The van der Waals surface area contributed by atoms with Gasteiger partial charge in [0.1, 0.15) is 5.75 Å². The Kier molecular flexibility index (Phi) is 2.73. The summed E-state index contributed by atoms with van der Waals surface area (Å²) in [6.45, 7) is 1.96. The van der Waals surface area contributed by atoms with E-state index in [1.807, 2.05) is 25.1 Å². The third kappa shape index (κ3) is 1.82. The maximum absolute atomic E-state index is 10.9. The molecule has 2 aromatic rings. The third-order valence-electron chi connectivity index (χ3n) is 2.53. The molecule has 0 saturated carbocycles. The Morgan fingerprint density at radius 1 is 1.06 bits per heavy atom. The van der Waals surface area contributed by atoms with E-state index in [-0.39, 0.29) is 5.75 Å². The fraction of sp³-hybridized carbons (Fsp3) is 0.0714. The van der Waals surface area contributed by atoms with Crippen molar-refractivity contribution < 1.29 is 9.90 Å². The summed E-state index contributed by atoms with van der Waals surface area (Å²) in [5.74, 6) is 0.191. The van der Waals surface area contributed by atoms with Crippen molar-refractivity contribution in [3.63, 3.8) is 0 Å². The van der Waals surface area contributed by atoms with Crippen LogP contribution in [-0.2, 0) is 0 Å². The maximum atomic E-state index is 10.9. The Labute approximate surface area is 94.2 Å². The first-order valence-corrected chi connectivity index (χ1v) is 5.06. The fourth-order valence-electron chi connectivity index (χ4n) is 1.71. The Balaban J connectivity index is 2.67. The Morgan fingerprint density at radius 2 is 1.81 bits per heavy atom. The smallest absolute Gasteiger partial charge is 0.150 e. The first kappa shape index (κ1) is 10.4. The molecule has 2 nitrogen and oxygen atoms in total. The van der Waals surface area contributed by atoms with Gasteiger partial charge in [0.05, 0.1) is 0 Å². The number of aromatic hydroxyl groups is 1. The largest absolute Gasteiger partial charge is 0.507 e. The molecule has 0 aliphatic rings. The van der Waals surface area contributed by atoms with Gasteiger partial charge in [0.25, 0.3) is 0 Å². The summed E-state index contributed by atoms with van der Waals surface area (Å²) in [5, 5.41) is 9.76. The Morgan fingerprint density at radius 3 is 2.50 bits per heavy atom. The first-order valence-electron chi connectivity index (χ1n) is 5.06. The van der Waals surface area contributed by atoms with Crippen molar-refractivity contribution in [2.45, 2.75) is 6.92 Å². The highest BCUT2D eigenvalue weighted by atomic mass is 16.3. The van der Waals surface area contributed by atoms with E-state index >= 15 is 0 Å². The van der Waals surface area contributed by atoms with E-state index in [0.29, 0.717) is 11.1 Å². The molecular weight excluding hydrogens is 200 g/mol. The maximum Gasteiger partial charge on any atom is 0.150 e. The second kappa shape index (κ2) is 4.19. The van der Waals surface area contributed by atoms with Crippen LogP contribution in [0.15, 0.2) is 42.5 Å². The van der Waals surface area contributed by atoms with Gasteiger partial charge in [-0.2, -0.15) is 0 Å². The zero-order chi connectivity index (χ0) is 11.5. The molecule has 2 heteroatoms. The lowest BCUT2D eigenvalue weighted by Gasteiger charge is -2.08. The molecule has 2 rings (SSSR count). The van der Waals surface area contributed by atoms with Crippen LogP contribution in [0.4, 0.5) is 0 Å². The summed E-state index contributed by atoms with van der Waals surface area (Å²) in [6, 6.07) is 12.6. The van der Waals surface area contributed by atoms with Crippen LogP contribution < -0.4 is 0 Å². The summed E-state index contributed by atoms with van der Waals surface area (Å²) >= 11 is 0. The number of carbonyl (C=O) groups is 1. The van der Waals surface area contributed by atoms with E-state index < -0.39 is 0 Å². The van der Waals surface area contributed by atoms with Gasteiger partial charge in [-0.15, -0.1) is 0 Å². The summed E-state index contributed by atoms with van der Waals surface area (Å²) in [5.41, 5.74) is 3.11. The van der Waals surface area contributed by atoms with Crippen molar-refractivity contribution in [3.05, 3.63) is 53.6 Å². The van der Waals surface area contributed by atoms with Gasteiger partial charge >= 0.3 is 0 Å². The van der Waals surface area contributed by atoms with Crippen LogP contribution in [0.1, 0.15) is 15.9 Å². The number of carbonyl (C=O) groups excluding carboxylic acids is 1. The molecule has 0 bridgehead atoms. The van der Waals surface area contributed by atoms with Gasteiger partial charge in [0, 0.05) is 11.1 Å². The first-order chi connectivity index (χ1) is 7.72. The second-order valence-corrected chi connectivity index (χ2v) is 3.73. The van der Waals surface area contributed by atoms with Gasteiger partial charge in [-0.1, -0.05) is 42.0 Å². The molecule has 0 spiro atoms. The number of aryl methyl sites for hydroxylation is 1. The zero-order valence-electron chi connectivity index (χ0n) is 8.97. The van der Waals surface area contributed by atoms with Gasteiger partial charge in [0.2, 0.25) is 0 Å². The quantitative estimate of drug-likeness (QED) is 0.776. The molecule has 0 unspecified atom stereocenters. The number of aldehydes is 1. The minimum atomic E-state index is 0.191. The van der Waals surface area contributed by atoms with Crippen molar-refractivity contribution in [1.82, 2.24) is 0 Å². The summed E-state index contributed by atoms with van der Waals surface area (Å²) in [4.78, 5) is 10.9. The Bertz CT molecular complexity index is 530. The minimum absolute atomic E-state index is 0.191. The molecule has 1 N–H and O–H groups in total. The van der Waals surface area contributed by atoms with Crippen LogP contribution in [0.5, 0.6) is 5.75 Å². The van der Waals surface area contributed by atoms with E-state index in [0.717, 1.165) is 17.4 Å². The second-order valence-electron chi connectivity index (χ2n) is 3.73. The van der Waals surface area contributed by atoms with Crippen molar-refractivity contribution in [2.75, 3.05) is 0 Å². The van der Waals surface area contributed by atoms with Crippen LogP contribution in [0, 0.1) is 6.92 Å². The lowest BCUT2D eigenvalue weighted by Crippen LogP contribution is -1.89. The van der Waals surface area contributed by atoms with Crippen LogP contribution >= 0.6 is 0 Å². The van der Waals surface area contributed by atoms with E-state index in [4.69, 9.17) is 0 Å². The number of hydrogen-bond acceptors (Lipinski definition) is 2. The molecule has 2 aromatic carbocycles. The molecule has 0 atom stereocenters. The third-order valence-corrected chi connectivity index (χ3v) is 2.53. The van der Waals surface area contributed by atoms with Crippen molar-refractivity contribution in [3.8, 4) is 16.9 Å². The van der Waals surface area contributed by atoms with Crippen molar-refractivity contribution >= 4 is 6.29 Å². The van der Waals surface area contributed by atoms with Crippen LogP contribution in [-0.4, -0.2) is 11.4 Å². The molecule has 80 valence electrons. The number of para-hydroxylation sites is 1. The van der Waals surface area contributed by atoms with Crippen molar-refractivity contribution in [1.29, 1.82) is 0 Å². The molecule has 0 fully saturated rings. The highest BCUT2D eigenvalue weighted by Crippen LogP contribution is 2.31. The van der Waals surface area contributed by atoms with E-state index in [9.17, 15) is 9.90 Å². The van der Waals surface area contributed by atoms with Gasteiger partial charge < -0.3 is 5.11 Å². The lowest BCUT2D eigenvalue weighted by atomic mass is 9.97. The zero-order valence-corrected chi connectivity index (χ0v) is 8.97. The summed E-state index contributed by atoms with van der Waals surface area (Å²) < 4.78 is 0. The predicted molar refractivity (Wildman–Crippen MR) is 63.7 cm³/mol. The summed E-state index contributed by atoms with van der Waals surface area (Å²) in [6.07, 6.45) is 0.807. The molecule has 0 aliphatic heterocycles. The number of benzene rings is 2. The van der Waals surface area contributed by atoms with Crippen LogP contribution in [0.3, 0.4) is 0 Å². The Hall–Kier alpha value is -2.09. The molecule has 0 amide bonds. The van der Waals surface area contributed by atoms with Gasteiger partial charge in [-0.05, 0) is 18.6 Å². The standard InChI is InChI=1S/C14H12O2/c1-10-6-7-11(9-15)13(8-10)12-4-2-3-5-14(12)16/h2-9,16H,1H3. The molecule has 0 aliphatic carbocycles. The topological polar surface area (TPSA) is 37.3 Å². The molecule has 16 heavy (non-hydrogen) atoms. The normalized spacial score (nSPS) is 10.1. The van der Waals surface area contributed by atoms with Gasteiger partial charge in [-0.3, -0.25) is 4.79 Å². The molecule has 0 heterocycles.